The molecule has 1 heterocycles. The summed E-state index contributed by atoms with van der Waals surface area (Å²) >= 11 is 3.40. The van der Waals surface area contributed by atoms with Gasteiger partial charge in [-0.2, -0.15) is 4.80 Å². The van der Waals surface area contributed by atoms with E-state index in [1.54, 1.807) is 0 Å². The Labute approximate surface area is 159 Å². The van der Waals surface area contributed by atoms with Crippen molar-refractivity contribution in [2.24, 2.45) is 0 Å². The van der Waals surface area contributed by atoms with Gasteiger partial charge in [-0.15, -0.1) is 10.2 Å². The van der Waals surface area contributed by atoms with Gasteiger partial charge in [-0.25, -0.2) is 0 Å². The number of aryl methyl sites for hydroxylation is 1. The van der Waals surface area contributed by atoms with Gasteiger partial charge in [0.05, 0.1) is 6.04 Å². The molecule has 1 aromatic heterocycles. The van der Waals surface area contributed by atoms with Gasteiger partial charge >= 0.3 is 0 Å². The predicted molar refractivity (Wildman–Crippen MR) is 101 cm³/mol. The average Bonchev–Trinajstić information content (AvgIpc) is 3.11. The van der Waals surface area contributed by atoms with Crippen LogP contribution in [0.15, 0.2) is 53.0 Å². The van der Waals surface area contributed by atoms with Crippen LogP contribution in [0.4, 0.5) is 0 Å². The van der Waals surface area contributed by atoms with Gasteiger partial charge in [-0.3, -0.25) is 4.79 Å². The molecule has 4 rings (SSSR count). The molecule has 0 saturated heterocycles. The number of nitrogens with zero attached hydrogens (tertiary/aromatic N) is 4. The molecule has 1 N–H and O–H groups in total. The quantitative estimate of drug-likeness (QED) is 0.714. The van der Waals surface area contributed by atoms with Crippen LogP contribution in [0.2, 0.25) is 0 Å². The number of tetrazole rings is 1. The minimum absolute atomic E-state index is 0.0573. The lowest BCUT2D eigenvalue weighted by Gasteiger charge is -2.26. The summed E-state index contributed by atoms with van der Waals surface area (Å²) in [5, 5.41) is 15.4. The van der Waals surface area contributed by atoms with Gasteiger partial charge in [0.25, 0.3) is 0 Å². The second-order valence-electron chi connectivity index (χ2n) is 6.36. The Hall–Kier alpha value is -2.54. The third-order valence-corrected chi connectivity index (χ3v) is 5.07. The van der Waals surface area contributed by atoms with Gasteiger partial charge in [-0.1, -0.05) is 40.2 Å². The van der Waals surface area contributed by atoms with Crippen molar-refractivity contribution in [3.05, 3.63) is 64.1 Å². The Bertz CT molecular complexity index is 922. The molecule has 0 saturated carbocycles. The third-order valence-electron chi connectivity index (χ3n) is 4.54. The van der Waals surface area contributed by atoms with Crippen molar-refractivity contribution in [3.8, 4) is 11.4 Å². The first kappa shape index (κ1) is 16.9. The highest BCUT2D eigenvalue weighted by Gasteiger charge is 2.21. The van der Waals surface area contributed by atoms with Crippen LogP contribution < -0.4 is 5.32 Å². The summed E-state index contributed by atoms with van der Waals surface area (Å²) in [6.07, 6.45) is 3.11. The molecule has 2 aromatic carbocycles. The van der Waals surface area contributed by atoms with E-state index < -0.39 is 0 Å². The molecule has 0 spiro atoms. The van der Waals surface area contributed by atoms with Gasteiger partial charge < -0.3 is 5.32 Å². The van der Waals surface area contributed by atoms with E-state index in [1.807, 2.05) is 36.4 Å². The minimum Gasteiger partial charge on any atom is -0.348 e. The number of carbonyl (C=O) groups is 1. The highest BCUT2D eigenvalue weighted by molar-refractivity contribution is 9.10. The zero-order chi connectivity index (χ0) is 17.9. The summed E-state index contributed by atoms with van der Waals surface area (Å²) in [6.45, 7) is 0.0577. The van der Waals surface area contributed by atoms with Crippen LogP contribution in [-0.2, 0) is 17.8 Å². The second-order valence-corrected chi connectivity index (χ2v) is 7.28. The zero-order valence-corrected chi connectivity index (χ0v) is 15.7. The first-order chi connectivity index (χ1) is 12.7. The Kier molecular flexibility index (Phi) is 4.79. The highest BCUT2D eigenvalue weighted by Crippen LogP contribution is 2.29. The normalized spacial score (nSPS) is 16.1. The van der Waals surface area contributed by atoms with Crippen molar-refractivity contribution in [3.63, 3.8) is 0 Å². The lowest BCUT2D eigenvalue weighted by molar-refractivity contribution is -0.122. The molecule has 0 radical (unpaired) electrons. The fourth-order valence-corrected chi connectivity index (χ4v) is 3.56. The fraction of sp³-hybridized carbons (Fsp3) is 0.263. The van der Waals surface area contributed by atoms with E-state index in [1.165, 1.54) is 15.9 Å². The number of benzene rings is 2. The largest absolute Gasteiger partial charge is 0.348 e. The highest BCUT2D eigenvalue weighted by atomic mass is 79.9. The minimum atomic E-state index is -0.105. The SMILES string of the molecule is O=C(Cn1nnc(-c2ccc(Br)cc2)n1)N[C@@H]1CCCc2ccccc21. The Morgan fingerprint density at radius 2 is 2.00 bits per heavy atom. The van der Waals surface area contributed by atoms with Gasteiger partial charge in [-0.05, 0) is 59.9 Å². The van der Waals surface area contributed by atoms with Gasteiger partial charge in [0.2, 0.25) is 11.7 Å². The number of carbonyl (C=O) groups excluding carboxylic acids is 1. The topological polar surface area (TPSA) is 72.7 Å². The molecule has 1 aliphatic rings. The van der Waals surface area contributed by atoms with Crippen LogP contribution >= 0.6 is 15.9 Å². The van der Waals surface area contributed by atoms with E-state index in [0.717, 1.165) is 29.3 Å². The lowest BCUT2D eigenvalue weighted by atomic mass is 9.88. The number of hydrogen-bond donors (Lipinski definition) is 1. The van der Waals surface area contributed by atoms with E-state index in [0.29, 0.717) is 5.82 Å². The molecule has 26 heavy (non-hydrogen) atoms. The number of hydrogen-bond acceptors (Lipinski definition) is 4. The molecule has 6 nitrogen and oxygen atoms in total. The van der Waals surface area contributed by atoms with Crippen LogP contribution in [0.25, 0.3) is 11.4 Å². The average molecular weight is 412 g/mol. The van der Waals surface area contributed by atoms with Crippen LogP contribution in [-0.4, -0.2) is 26.1 Å². The van der Waals surface area contributed by atoms with Gasteiger partial charge in [0.15, 0.2) is 0 Å². The van der Waals surface area contributed by atoms with Crippen LogP contribution in [0.5, 0.6) is 0 Å². The molecule has 132 valence electrons. The molecule has 0 fully saturated rings. The lowest BCUT2D eigenvalue weighted by Crippen LogP contribution is -2.34. The summed E-state index contributed by atoms with van der Waals surface area (Å²) in [7, 11) is 0. The second kappa shape index (κ2) is 7.37. The van der Waals surface area contributed by atoms with Gasteiger partial charge in [0, 0.05) is 10.0 Å². The van der Waals surface area contributed by atoms with Crippen LogP contribution in [0.3, 0.4) is 0 Å². The van der Waals surface area contributed by atoms with Crippen molar-refractivity contribution in [2.75, 3.05) is 0 Å². The number of halogens is 1. The molecule has 1 aliphatic carbocycles. The van der Waals surface area contributed by atoms with Gasteiger partial charge in [0.1, 0.15) is 6.54 Å². The van der Waals surface area contributed by atoms with E-state index in [2.05, 4.69) is 48.8 Å². The van der Waals surface area contributed by atoms with Crippen molar-refractivity contribution < 1.29 is 4.79 Å². The molecule has 1 amide bonds. The standard InChI is InChI=1S/C19H18BrN5O/c20-15-10-8-14(9-11-15)19-22-24-25(23-19)12-18(26)21-17-7-3-5-13-4-1-2-6-16(13)17/h1-2,4,6,8-11,17H,3,5,7,12H2,(H,21,26)/t17-/m1/s1. The number of aromatic nitrogens is 4. The number of amides is 1. The molecular weight excluding hydrogens is 394 g/mol. The van der Waals surface area contributed by atoms with Crippen molar-refractivity contribution in [1.29, 1.82) is 0 Å². The van der Waals surface area contributed by atoms with Crippen molar-refractivity contribution in [2.45, 2.75) is 31.8 Å². The van der Waals surface area contributed by atoms with Crippen LogP contribution in [0, 0.1) is 0 Å². The van der Waals surface area contributed by atoms with Crippen LogP contribution in [0.1, 0.15) is 30.0 Å². The first-order valence-electron chi connectivity index (χ1n) is 8.60. The summed E-state index contributed by atoms with van der Waals surface area (Å²) in [6, 6.07) is 16.0. The van der Waals surface area contributed by atoms with E-state index in [4.69, 9.17) is 0 Å². The van der Waals surface area contributed by atoms with Crippen molar-refractivity contribution in [1.82, 2.24) is 25.5 Å². The molecular formula is C19H18BrN5O. The number of rotatable bonds is 4. The van der Waals surface area contributed by atoms with E-state index in [-0.39, 0.29) is 18.5 Å². The zero-order valence-electron chi connectivity index (χ0n) is 14.1. The molecule has 1 atom stereocenters. The van der Waals surface area contributed by atoms with E-state index >= 15 is 0 Å². The summed E-state index contributed by atoms with van der Waals surface area (Å²) in [5.41, 5.74) is 3.40. The molecule has 0 bridgehead atoms. The maximum atomic E-state index is 12.4. The Balaban J connectivity index is 1.42. The first-order valence-corrected chi connectivity index (χ1v) is 9.39. The number of nitrogens with one attached hydrogen (secondary N) is 1. The summed E-state index contributed by atoms with van der Waals surface area (Å²) in [4.78, 5) is 13.8. The monoisotopic (exact) mass is 411 g/mol. The third kappa shape index (κ3) is 3.67. The molecule has 3 aromatic rings. The Morgan fingerprint density at radius 1 is 1.19 bits per heavy atom. The molecule has 0 aliphatic heterocycles. The summed E-state index contributed by atoms with van der Waals surface area (Å²) < 4.78 is 0.987. The molecule has 7 heteroatoms. The Morgan fingerprint density at radius 3 is 2.85 bits per heavy atom. The predicted octanol–water partition coefficient (Wildman–Crippen LogP) is 3.30. The molecule has 0 unspecified atom stereocenters. The van der Waals surface area contributed by atoms with E-state index in [9.17, 15) is 4.79 Å². The fourth-order valence-electron chi connectivity index (χ4n) is 3.30. The maximum absolute atomic E-state index is 12.4. The van der Waals surface area contributed by atoms with Crippen molar-refractivity contribution >= 4 is 21.8 Å². The smallest absolute Gasteiger partial charge is 0.244 e. The summed E-state index contributed by atoms with van der Waals surface area (Å²) in [5.74, 6) is 0.403. The number of fused-ring (bicyclic) bond motifs is 1. The maximum Gasteiger partial charge on any atom is 0.244 e.